The van der Waals surface area contributed by atoms with E-state index in [1.807, 2.05) is 6.07 Å². The molecule has 0 amide bonds. The van der Waals surface area contributed by atoms with E-state index in [9.17, 15) is 14.4 Å². The van der Waals surface area contributed by atoms with Gasteiger partial charge in [-0.25, -0.2) is 0 Å². The second-order valence-electron chi connectivity index (χ2n) is 6.05. The predicted molar refractivity (Wildman–Crippen MR) is 88.3 cm³/mol. The maximum atomic E-state index is 12.8. The Morgan fingerprint density at radius 3 is 2.17 bits per heavy atom. The minimum Gasteiger partial charge on any atom is -0.468 e. The zero-order valence-corrected chi connectivity index (χ0v) is 14.0. The Balaban J connectivity index is 2.29. The van der Waals surface area contributed by atoms with E-state index in [-0.39, 0.29) is 18.6 Å². The van der Waals surface area contributed by atoms with E-state index in [2.05, 4.69) is 6.58 Å². The van der Waals surface area contributed by atoms with Gasteiger partial charge >= 0.3 is 11.9 Å². The molecular formula is C19H22O5. The fourth-order valence-corrected chi connectivity index (χ4v) is 3.27. The Bertz CT molecular complexity index is 631. The molecule has 1 saturated carbocycles. The van der Waals surface area contributed by atoms with E-state index in [1.165, 1.54) is 14.2 Å². The monoisotopic (exact) mass is 330 g/mol. The maximum Gasteiger partial charge on any atom is 0.323 e. The van der Waals surface area contributed by atoms with Crippen molar-refractivity contribution in [3.63, 3.8) is 0 Å². The fraction of sp³-hybridized carbons (Fsp3) is 0.421. The number of allylic oxidation sites excluding steroid dienone is 1. The number of hydrogen-bond donors (Lipinski definition) is 0. The van der Waals surface area contributed by atoms with Gasteiger partial charge in [0.25, 0.3) is 0 Å². The largest absolute Gasteiger partial charge is 0.468 e. The van der Waals surface area contributed by atoms with Gasteiger partial charge in [0, 0.05) is 11.5 Å². The number of benzene rings is 1. The van der Waals surface area contributed by atoms with Crippen molar-refractivity contribution in [1.82, 2.24) is 0 Å². The van der Waals surface area contributed by atoms with Crippen molar-refractivity contribution in [3.8, 4) is 0 Å². The molecule has 5 nitrogen and oxygen atoms in total. The van der Waals surface area contributed by atoms with Crippen LogP contribution in [0.4, 0.5) is 0 Å². The molecule has 0 N–H and O–H groups in total. The molecule has 1 atom stereocenters. The minimum atomic E-state index is -1.36. The number of ether oxygens (including phenoxy) is 2. The van der Waals surface area contributed by atoms with Gasteiger partial charge < -0.3 is 9.47 Å². The standard InChI is InChI=1S/C19H22O5/c1-13-9-11-19(17(21)23-2,18(22)24-3)12-10-15(13)16(20)14-7-5-4-6-8-14/h4-8,15H,1,9-12H2,2-3H3. The zero-order chi connectivity index (χ0) is 17.7. The molecule has 24 heavy (non-hydrogen) atoms. The number of carbonyl (C=O) groups is 3. The summed E-state index contributed by atoms with van der Waals surface area (Å²) >= 11 is 0. The van der Waals surface area contributed by atoms with Gasteiger partial charge in [0.1, 0.15) is 0 Å². The quantitative estimate of drug-likeness (QED) is 0.279. The molecule has 0 radical (unpaired) electrons. The van der Waals surface area contributed by atoms with Crippen LogP contribution in [0.3, 0.4) is 0 Å². The Morgan fingerprint density at radius 2 is 1.62 bits per heavy atom. The third-order valence-electron chi connectivity index (χ3n) is 4.75. The Hall–Kier alpha value is -2.43. The number of hydrogen-bond acceptors (Lipinski definition) is 5. The van der Waals surface area contributed by atoms with Crippen LogP contribution in [0, 0.1) is 11.3 Å². The van der Waals surface area contributed by atoms with Crippen molar-refractivity contribution in [3.05, 3.63) is 48.0 Å². The van der Waals surface area contributed by atoms with Gasteiger partial charge in [-0.3, -0.25) is 14.4 Å². The molecule has 1 aromatic carbocycles. The Kier molecular flexibility index (Phi) is 5.54. The van der Waals surface area contributed by atoms with Gasteiger partial charge in [-0.15, -0.1) is 0 Å². The van der Waals surface area contributed by atoms with Crippen molar-refractivity contribution in [2.24, 2.45) is 11.3 Å². The highest BCUT2D eigenvalue weighted by molar-refractivity contribution is 6.01. The lowest BCUT2D eigenvalue weighted by Crippen LogP contribution is -2.41. The van der Waals surface area contributed by atoms with Crippen molar-refractivity contribution < 1.29 is 23.9 Å². The number of Topliss-reactive ketones (excluding diaryl/α,β-unsaturated/α-hetero) is 1. The molecule has 0 bridgehead atoms. The topological polar surface area (TPSA) is 69.7 Å². The van der Waals surface area contributed by atoms with Crippen LogP contribution in [-0.4, -0.2) is 31.9 Å². The number of methoxy groups -OCH3 is 2. The van der Waals surface area contributed by atoms with E-state index in [0.29, 0.717) is 18.4 Å². The molecule has 1 fully saturated rings. The molecule has 1 aliphatic carbocycles. The SMILES string of the molecule is C=C1CCC(C(=O)OC)(C(=O)OC)CCC1C(=O)c1ccccc1. The van der Waals surface area contributed by atoms with Crippen molar-refractivity contribution >= 4 is 17.7 Å². The first kappa shape index (κ1) is 17.9. The van der Waals surface area contributed by atoms with Crippen molar-refractivity contribution in [2.75, 3.05) is 14.2 Å². The number of ketones is 1. The third kappa shape index (κ3) is 3.25. The summed E-state index contributed by atoms with van der Waals surface area (Å²) in [6.07, 6.45) is 1.20. The van der Waals surface area contributed by atoms with Gasteiger partial charge in [0.15, 0.2) is 11.2 Å². The second-order valence-corrected chi connectivity index (χ2v) is 6.05. The smallest absolute Gasteiger partial charge is 0.323 e. The second kappa shape index (κ2) is 7.43. The predicted octanol–water partition coefficient (Wildman–Crippen LogP) is 2.95. The van der Waals surface area contributed by atoms with Crippen LogP contribution in [0.15, 0.2) is 42.5 Å². The summed E-state index contributed by atoms with van der Waals surface area (Å²) in [6.45, 7) is 4.01. The van der Waals surface area contributed by atoms with Gasteiger partial charge in [-0.1, -0.05) is 42.5 Å². The molecule has 0 aliphatic heterocycles. The summed E-state index contributed by atoms with van der Waals surface area (Å²) in [5.74, 6) is -1.68. The van der Waals surface area contributed by atoms with E-state index in [1.54, 1.807) is 24.3 Å². The van der Waals surface area contributed by atoms with E-state index in [4.69, 9.17) is 9.47 Å². The van der Waals surface area contributed by atoms with Gasteiger partial charge in [0.2, 0.25) is 0 Å². The molecule has 1 aliphatic rings. The average molecular weight is 330 g/mol. The lowest BCUT2D eigenvalue weighted by Gasteiger charge is -2.26. The first-order chi connectivity index (χ1) is 11.5. The molecule has 0 saturated heterocycles. The minimum absolute atomic E-state index is 0.0360. The summed E-state index contributed by atoms with van der Waals surface area (Å²) < 4.78 is 9.67. The van der Waals surface area contributed by atoms with Crippen LogP contribution in [-0.2, 0) is 19.1 Å². The van der Waals surface area contributed by atoms with E-state index < -0.39 is 23.3 Å². The van der Waals surface area contributed by atoms with Crippen LogP contribution in [0.25, 0.3) is 0 Å². The highest BCUT2D eigenvalue weighted by Gasteiger charge is 2.50. The molecule has 0 aromatic heterocycles. The molecule has 0 spiro atoms. The number of carbonyl (C=O) groups excluding carboxylic acids is 3. The first-order valence-electron chi connectivity index (χ1n) is 7.90. The summed E-state index contributed by atoms with van der Waals surface area (Å²) in [4.78, 5) is 37.3. The highest BCUT2D eigenvalue weighted by atomic mass is 16.5. The summed E-state index contributed by atoms with van der Waals surface area (Å²) in [5, 5.41) is 0. The average Bonchev–Trinajstić information content (AvgIpc) is 2.80. The van der Waals surface area contributed by atoms with Gasteiger partial charge in [0.05, 0.1) is 14.2 Å². The lowest BCUT2D eigenvalue weighted by molar-refractivity contribution is -0.170. The third-order valence-corrected chi connectivity index (χ3v) is 4.75. The maximum absolute atomic E-state index is 12.8. The molecular weight excluding hydrogens is 308 g/mol. The fourth-order valence-electron chi connectivity index (χ4n) is 3.27. The molecule has 0 heterocycles. The summed E-state index contributed by atoms with van der Waals surface area (Å²) in [6, 6.07) is 8.97. The molecule has 2 rings (SSSR count). The van der Waals surface area contributed by atoms with Gasteiger partial charge in [-0.05, 0) is 25.7 Å². The normalized spacial score (nSPS) is 19.9. The molecule has 128 valence electrons. The number of esters is 2. The van der Waals surface area contributed by atoms with E-state index in [0.717, 1.165) is 5.57 Å². The molecule has 1 unspecified atom stereocenters. The molecule has 1 aromatic rings. The summed E-state index contributed by atoms with van der Waals surface area (Å²) in [5.41, 5.74) is -0.0242. The number of rotatable bonds is 4. The van der Waals surface area contributed by atoms with Crippen LogP contribution >= 0.6 is 0 Å². The Morgan fingerprint density at radius 1 is 1.04 bits per heavy atom. The van der Waals surface area contributed by atoms with Crippen LogP contribution in [0.1, 0.15) is 36.0 Å². The Labute approximate surface area is 141 Å². The van der Waals surface area contributed by atoms with Crippen LogP contribution in [0.5, 0.6) is 0 Å². The van der Waals surface area contributed by atoms with Crippen LogP contribution in [0.2, 0.25) is 0 Å². The van der Waals surface area contributed by atoms with Crippen LogP contribution < -0.4 is 0 Å². The van der Waals surface area contributed by atoms with Gasteiger partial charge in [-0.2, -0.15) is 0 Å². The van der Waals surface area contributed by atoms with Crippen molar-refractivity contribution in [1.29, 1.82) is 0 Å². The van der Waals surface area contributed by atoms with Crippen molar-refractivity contribution in [2.45, 2.75) is 25.7 Å². The van der Waals surface area contributed by atoms with E-state index >= 15 is 0 Å². The highest BCUT2D eigenvalue weighted by Crippen LogP contribution is 2.42. The summed E-state index contributed by atoms with van der Waals surface area (Å²) in [7, 11) is 2.50. The lowest BCUT2D eigenvalue weighted by atomic mass is 9.79. The zero-order valence-electron chi connectivity index (χ0n) is 14.0. The molecule has 5 heteroatoms. The first-order valence-corrected chi connectivity index (χ1v) is 7.90.